The predicted octanol–water partition coefficient (Wildman–Crippen LogP) is 17.2. The standard InChI is InChI=1S/C67H125NO8/c1-3-5-7-9-11-13-15-17-19-21-23-25-26-27-28-29-30-31-32-33-34-35-37-38-40-42-44-46-48-50-52-54-56-61(70)60(59-75-67-66(74)65(73)64(72)62(58-69)76-67)68-63(71)57-55-53-51-49-47-45-43-41-39-36-24-22-20-18-16-14-12-10-8-6-4-2/h6,8,12,14,18,20,24,36,60-62,64-67,69-70,72-74H,3-5,7,9-11,13,15-17,19,21-23,25-35,37-59H2,1-2H3,(H,68,71)/b8-6-,14-12-,20-18-,36-24-. The Hall–Kier alpha value is -1.85. The fraction of sp³-hybridized carbons (Fsp3) is 0.866. The number of ether oxygens (including phenoxy) is 2. The molecule has 9 heteroatoms. The van der Waals surface area contributed by atoms with E-state index in [1.165, 1.54) is 218 Å². The van der Waals surface area contributed by atoms with E-state index in [1.54, 1.807) is 0 Å². The summed E-state index contributed by atoms with van der Waals surface area (Å²) in [5.74, 6) is -0.150. The first-order chi connectivity index (χ1) is 37.3. The van der Waals surface area contributed by atoms with E-state index in [1.807, 2.05) is 0 Å². The van der Waals surface area contributed by atoms with Crippen LogP contribution in [0.4, 0.5) is 0 Å². The van der Waals surface area contributed by atoms with Gasteiger partial charge in [-0.3, -0.25) is 4.79 Å². The van der Waals surface area contributed by atoms with Crippen LogP contribution in [0.15, 0.2) is 48.6 Å². The Morgan fingerprint density at radius 1 is 0.461 bits per heavy atom. The SMILES string of the molecule is CC/C=C\C/C=C\C/C=C\C/C=C\CCCCCCCCCCC(=O)NC(COC1OC(CO)C(O)C(O)C1O)C(O)CCCCCCCCCCCCCCCCCCCCCCCCCCCCCCCCCC. The third-order valence-electron chi connectivity index (χ3n) is 15.7. The van der Waals surface area contributed by atoms with E-state index in [4.69, 9.17) is 9.47 Å². The fourth-order valence-corrected chi connectivity index (χ4v) is 10.6. The van der Waals surface area contributed by atoms with Gasteiger partial charge in [0, 0.05) is 6.42 Å². The van der Waals surface area contributed by atoms with Crippen molar-refractivity contribution >= 4 is 5.91 Å². The molecule has 0 spiro atoms. The van der Waals surface area contributed by atoms with Gasteiger partial charge in [0.15, 0.2) is 6.29 Å². The van der Waals surface area contributed by atoms with E-state index in [0.717, 1.165) is 70.6 Å². The number of carbonyl (C=O) groups is 1. The third-order valence-corrected chi connectivity index (χ3v) is 15.7. The second-order valence-corrected chi connectivity index (χ2v) is 22.9. The molecule has 0 aromatic rings. The average Bonchev–Trinajstić information content (AvgIpc) is 3.42. The molecule has 0 radical (unpaired) electrons. The summed E-state index contributed by atoms with van der Waals surface area (Å²) in [4.78, 5) is 13.1. The molecule has 1 heterocycles. The molecule has 1 saturated heterocycles. The van der Waals surface area contributed by atoms with Crippen LogP contribution in [0.3, 0.4) is 0 Å². The molecule has 7 atom stereocenters. The van der Waals surface area contributed by atoms with Crippen molar-refractivity contribution in [3.63, 3.8) is 0 Å². The van der Waals surface area contributed by atoms with Gasteiger partial charge < -0.3 is 40.3 Å². The summed E-state index contributed by atoms with van der Waals surface area (Å²) in [6.07, 6.45) is 68.8. The normalized spacial score (nSPS) is 19.1. The second kappa shape index (κ2) is 56.4. The number of nitrogens with one attached hydrogen (secondary N) is 1. The molecule has 1 rings (SSSR count). The number of hydrogen-bond donors (Lipinski definition) is 6. The molecule has 446 valence electrons. The van der Waals surface area contributed by atoms with Crippen molar-refractivity contribution in [3.8, 4) is 0 Å². The lowest BCUT2D eigenvalue weighted by Gasteiger charge is -2.40. The van der Waals surface area contributed by atoms with Gasteiger partial charge in [-0.25, -0.2) is 0 Å². The highest BCUT2D eigenvalue weighted by atomic mass is 16.7. The molecule has 1 aliphatic heterocycles. The maximum absolute atomic E-state index is 13.1. The van der Waals surface area contributed by atoms with Crippen LogP contribution >= 0.6 is 0 Å². The first-order valence-electron chi connectivity index (χ1n) is 32.8. The maximum atomic E-state index is 13.1. The van der Waals surface area contributed by atoms with E-state index in [2.05, 4.69) is 67.8 Å². The number of carbonyl (C=O) groups excluding carboxylic acids is 1. The molecule has 1 fully saturated rings. The highest BCUT2D eigenvalue weighted by Crippen LogP contribution is 2.24. The zero-order valence-electron chi connectivity index (χ0n) is 49.8. The van der Waals surface area contributed by atoms with Gasteiger partial charge in [-0.1, -0.05) is 306 Å². The van der Waals surface area contributed by atoms with Crippen LogP contribution in [0.25, 0.3) is 0 Å². The summed E-state index contributed by atoms with van der Waals surface area (Å²) >= 11 is 0. The lowest BCUT2D eigenvalue weighted by atomic mass is 9.99. The van der Waals surface area contributed by atoms with Crippen LogP contribution < -0.4 is 5.32 Å². The van der Waals surface area contributed by atoms with Crippen molar-refractivity contribution in [1.82, 2.24) is 5.32 Å². The maximum Gasteiger partial charge on any atom is 0.220 e. The number of amides is 1. The molecular formula is C67H125NO8. The molecule has 0 aromatic heterocycles. The molecule has 76 heavy (non-hydrogen) atoms. The lowest BCUT2D eigenvalue weighted by Crippen LogP contribution is -2.60. The largest absolute Gasteiger partial charge is 0.394 e. The number of unbranched alkanes of at least 4 members (excludes halogenated alkanes) is 39. The molecule has 1 amide bonds. The first-order valence-corrected chi connectivity index (χ1v) is 32.8. The van der Waals surface area contributed by atoms with E-state index in [0.29, 0.717) is 12.8 Å². The van der Waals surface area contributed by atoms with Gasteiger partial charge in [0.25, 0.3) is 0 Å². The Labute approximate surface area is 469 Å². The number of hydrogen-bond acceptors (Lipinski definition) is 8. The van der Waals surface area contributed by atoms with E-state index >= 15 is 0 Å². The lowest BCUT2D eigenvalue weighted by molar-refractivity contribution is -0.302. The van der Waals surface area contributed by atoms with Crippen molar-refractivity contribution in [2.75, 3.05) is 13.2 Å². The average molecular weight is 1070 g/mol. The molecule has 0 aliphatic carbocycles. The van der Waals surface area contributed by atoms with Gasteiger partial charge in [0.05, 0.1) is 25.4 Å². The highest BCUT2D eigenvalue weighted by molar-refractivity contribution is 5.76. The molecule has 6 N–H and O–H groups in total. The summed E-state index contributed by atoms with van der Waals surface area (Å²) in [7, 11) is 0. The summed E-state index contributed by atoms with van der Waals surface area (Å²) < 4.78 is 11.3. The van der Waals surface area contributed by atoms with Gasteiger partial charge in [-0.05, 0) is 51.4 Å². The fourth-order valence-electron chi connectivity index (χ4n) is 10.6. The zero-order valence-corrected chi connectivity index (χ0v) is 49.8. The third kappa shape index (κ3) is 44.9. The topological polar surface area (TPSA) is 149 Å². The monoisotopic (exact) mass is 1070 g/mol. The number of aliphatic hydroxyl groups excluding tert-OH is 5. The minimum Gasteiger partial charge on any atom is -0.394 e. The molecule has 7 unspecified atom stereocenters. The Morgan fingerprint density at radius 2 is 0.816 bits per heavy atom. The van der Waals surface area contributed by atoms with Crippen LogP contribution in [0, 0.1) is 0 Å². The van der Waals surface area contributed by atoms with Crippen LogP contribution in [-0.2, 0) is 14.3 Å². The Balaban J connectivity index is 2.12. The predicted molar refractivity (Wildman–Crippen MR) is 323 cm³/mol. The van der Waals surface area contributed by atoms with E-state index in [-0.39, 0.29) is 12.5 Å². The van der Waals surface area contributed by atoms with Gasteiger partial charge >= 0.3 is 0 Å². The number of aliphatic hydroxyl groups is 5. The van der Waals surface area contributed by atoms with Crippen molar-refractivity contribution in [2.45, 2.75) is 358 Å². The van der Waals surface area contributed by atoms with Crippen LogP contribution in [0.1, 0.15) is 316 Å². The molecule has 0 saturated carbocycles. The summed E-state index contributed by atoms with van der Waals surface area (Å²) in [5, 5.41) is 54.8. The molecular weight excluding hydrogens is 947 g/mol. The minimum absolute atomic E-state index is 0.141. The van der Waals surface area contributed by atoms with E-state index in [9.17, 15) is 30.3 Å². The summed E-state index contributed by atoms with van der Waals surface area (Å²) in [5.41, 5.74) is 0. The van der Waals surface area contributed by atoms with E-state index < -0.39 is 49.5 Å². The van der Waals surface area contributed by atoms with Crippen LogP contribution in [0.5, 0.6) is 0 Å². The van der Waals surface area contributed by atoms with Gasteiger partial charge in [-0.15, -0.1) is 0 Å². The smallest absolute Gasteiger partial charge is 0.220 e. The van der Waals surface area contributed by atoms with Gasteiger partial charge in [0.2, 0.25) is 5.91 Å². The molecule has 0 bridgehead atoms. The minimum atomic E-state index is -1.56. The number of allylic oxidation sites excluding steroid dienone is 8. The van der Waals surface area contributed by atoms with Crippen LogP contribution in [0.2, 0.25) is 0 Å². The Morgan fingerprint density at radius 3 is 1.21 bits per heavy atom. The molecule has 0 aromatic carbocycles. The zero-order chi connectivity index (χ0) is 55.0. The molecule has 9 nitrogen and oxygen atoms in total. The van der Waals surface area contributed by atoms with Crippen LogP contribution in [-0.4, -0.2) is 87.5 Å². The van der Waals surface area contributed by atoms with Crippen molar-refractivity contribution in [3.05, 3.63) is 48.6 Å². The van der Waals surface area contributed by atoms with Crippen molar-refractivity contribution in [1.29, 1.82) is 0 Å². The van der Waals surface area contributed by atoms with Gasteiger partial charge in [0.1, 0.15) is 24.4 Å². The van der Waals surface area contributed by atoms with Crippen molar-refractivity contribution in [2.24, 2.45) is 0 Å². The molecule has 1 aliphatic rings. The Kier molecular flexibility index (Phi) is 53.6. The summed E-state index contributed by atoms with van der Waals surface area (Å²) in [6, 6.07) is -0.727. The Bertz CT molecular complexity index is 1340. The van der Waals surface area contributed by atoms with Gasteiger partial charge in [-0.2, -0.15) is 0 Å². The second-order valence-electron chi connectivity index (χ2n) is 22.9. The highest BCUT2D eigenvalue weighted by Gasteiger charge is 2.44. The van der Waals surface area contributed by atoms with Crippen molar-refractivity contribution < 1.29 is 39.8 Å². The number of rotatable bonds is 57. The quantitative estimate of drug-likeness (QED) is 0.0261. The first kappa shape index (κ1) is 72.2. The summed E-state index contributed by atoms with van der Waals surface area (Å²) in [6.45, 7) is 3.76.